The number of carbonyl (C=O) groups is 1. The molecule has 1 fully saturated rings. The number of ether oxygens (including phenoxy) is 1. The molecule has 2 aromatic heterocycles. The van der Waals surface area contributed by atoms with Gasteiger partial charge in [0.1, 0.15) is 0 Å². The number of anilines is 1. The topological polar surface area (TPSA) is 161 Å². The number of non-ortho nitro benzene ring substituents is 1. The van der Waals surface area contributed by atoms with Crippen molar-refractivity contribution in [3.8, 4) is 5.69 Å². The van der Waals surface area contributed by atoms with Crippen LogP contribution in [0, 0.1) is 16.0 Å². The molecule has 2 aliphatic heterocycles. The standard InChI is InChI=1S/C40H40FN7O6Si/c1-25-37(55(2,3)41)36(18-19-45-23-34(42-44-45)31(24-49)27-11-5-4-6-12-27)54-40(25)32-21-29(48(52)53)16-17-35(32)46(39(40)51)22-26-10-9-13-28(20-26)47-38(50)30-14-7-8-15-33(30)43-47/h4-17,20-21,23,25,31,36-37,43,49H,18-19,22,24H2,1-3H3/t25-,31?,36+,37-,40+/m0/s1. The number of aliphatic hydroxyl groups is 1. The number of aromatic nitrogens is 5. The fourth-order valence-electron chi connectivity index (χ4n) is 8.69. The quantitative estimate of drug-likeness (QED) is 0.0668. The minimum Gasteiger partial charge on any atom is -0.395 e. The second kappa shape index (κ2) is 13.8. The summed E-state index contributed by atoms with van der Waals surface area (Å²) >= 11 is 0. The molecule has 5 atom stereocenters. The van der Waals surface area contributed by atoms with E-state index < -0.39 is 42.4 Å². The molecular formula is C40H40FN7O6Si. The van der Waals surface area contributed by atoms with E-state index in [0.717, 1.165) is 5.56 Å². The Kier molecular flexibility index (Phi) is 9.10. The minimum atomic E-state index is -3.54. The van der Waals surface area contributed by atoms with Crippen LogP contribution in [-0.2, 0) is 28.2 Å². The Labute approximate surface area is 316 Å². The molecule has 0 aliphatic carbocycles. The van der Waals surface area contributed by atoms with Crippen molar-refractivity contribution in [2.75, 3.05) is 11.5 Å². The van der Waals surface area contributed by atoms with Gasteiger partial charge in [0, 0.05) is 41.9 Å². The SMILES string of the molecule is C[C@H]1[C@H]([Si](C)(C)F)[C@@H](CCn2cc(C(CO)c3ccccc3)nn2)O[C@]12C(=O)N(Cc1cccc(-n3[nH]c4ccccc4c3=O)c1)c1ccc([N+](=O)[O-])cc12. The summed E-state index contributed by atoms with van der Waals surface area (Å²) in [6.45, 7) is 5.23. The molecule has 4 heterocycles. The van der Waals surface area contributed by atoms with Gasteiger partial charge in [-0.15, -0.1) is 5.10 Å². The summed E-state index contributed by atoms with van der Waals surface area (Å²) in [4.78, 5) is 41.3. The number of nitrogens with one attached hydrogen (secondary N) is 1. The number of benzene rings is 4. The molecule has 0 radical (unpaired) electrons. The fourth-order valence-corrected chi connectivity index (χ4v) is 11.2. The average molecular weight is 762 g/mol. The Bertz CT molecular complexity index is 2480. The van der Waals surface area contributed by atoms with E-state index in [0.29, 0.717) is 52.1 Å². The van der Waals surface area contributed by atoms with Crippen molar-refractivity contribution in [3.05, 3.63) is 146 Å². The molecule has 4 aromatic carbocycles. The molecule has 2 N–H and O–H groups in total. The first kappa shape index (κ1) is 36.2. The zero-order chi connectivity index (χ0) is 38.6. The van der Waals surface area contributed by atoms with E-state index >= 15 is 4.11 Å². The van der Waals surface area contributed by atoms with Crippen LogP contribution in [0.3, 0.4) is 0 Å². The molecular weight excluding hydrogens is 722 g/mol. The summed E-state index contributed by atoms with van der Waals surface area (Å²) in [5, 5.41) is 34.5. The highest BCUT2D eigenvalue weighted by molar-refractivity contribution is 6.72. The summed E-state index contributed by atoms with van der Waals surface area (Å²) in [5.41, 5.74) is 1.50. The number of carbonyl (C=O) groups excluding carboxylic acids is 1. The minimum absolute atomic E-state index is 0.0746. The summed E-state index contributed by atoms with van der Waals surface area (Å²) in [6, 6.07) is 28.3. The second-order valence-corrected chi connectivity index (χ2v) is 18.7. The van der Waals surface area contributed by atoms with Crippen molar-refractivity contribution in [2.45, 2.75) is 62.7 Å². The van der Waals surface area contributed by atoms with Crippen molar-refractivity contribution < 1.29 is 23.7 Å². The maximum Gasteiger partial charge on any atom is 0.279 e. The molecule has 15 heteroatoms. The molecule has 0 bridgehead atoms. The summed E-state index contributed by atoms with van der Waals surface area (Å²) < 4.78 is 26.4. The largest absolute Gasteiger partial charge is 0.395 e. The van der Waals surface area contributed by atoms with Crippen LogP contribution in [0.5, 0.6) is 0 Å². The lowest BCUT2D eigenvalue weighted by Crippen LogP contribution is -2.45. The van der Waals surface area contributed by atoms with Gasteiger partial charge < -0.3 is 18.9 Å². The lowest BCUT2D eigenvalue weighted by atomic mass is 9.82. The number of aryl methyl sites for hydroxylation is 1. The third-order valence-electron chi connectivity index (χ3n) is 11.2. The first-order valence-electron chi connectivity index (χ1n) is 18.2. The number of aromatic amines is 1. The Hall–Kier alpha value is -5.77. The van der Waals surface area contributed by atoms with Crippen LogP contribution >= 0.6 is 0 Å². The van der Waals surface area contributed by atoms with Gasteiger partial charge in [0.25, 0.3) is 17.2 Å². The van der Waals surface area contributed by atoms with E-state index in [1.54, 1.807) is 59.2 Å². The zero-order valence-corrected chi connectivity index (χ0v) is 31.5. The Balaban J connectivity index is 1.12. The Morgan fingerprint density at radius 3 is 2.53 bits per heavy atom. The second-order valence-electron chi connectivity index (χ2n) is 14.9. The average Bonchev–Trinajstić information content (AvgIpc) is 3.91. The van der Waals surface area contributed by atoms with Crippen LogP contribution in [0.1, 0.15) is 41.6 Å². The van der Waals surface area contributed by atoms with Crippen LogP contribution < -0.4 is 10.5 Å². The molecule has 2 aliphatic rings. The number of H-pyrrole nitrogens is 1. The molecule has 55 heavy (non-hydrogen) atoms. The van der Waals surface area contributed by atoms with Crippen molar-refractivity contribution in [3.63, 3.8) is 0 Å². The molecule has 282 valence electrons. The highest BCUT2D eigenvalue weighted by atomic mass is 28.4. The molecule has 1 unspecified atom stereocenters. The molecule has 8 rings (SSSR count). The molecule has 1 saturated heterocycles. The third-order valence-corrected chi connectivity index (χ3v) is 13.7. The van der Waals surface area contributed by atoms with E-state index in [9.17, 15) is 24.8 Å². The predicted octanol–water partition coefficient (Wildman–Crippen LogP) is 6.35. The van der Waals surface area contributed by atoms with Gasteiger partial charge in [-0.1, -0.05) is 66.7 Å². The van der Waals surface area contributed by atoms with Gasteiger partial charge >= 0.3 is 0 Å². The van der Waals surface area contributed by atoms with E-state index in [1.807, 2.05) is 61.5 Å². The smallest absolute Gasteiger partial charge is 0.279 e. The highest BCUT2D eigenvalue weighted by Crippen LogP contribution is 2.60. The van der Waals surface area contributed by atoms with Gasteiger partial charge in [-0.2, -0.15) is 0 Å². The lowest BCUT2D eigenvalue weighted by Gasteiger charge is -2.31. The van der Waals surface area contributed by atoms with E-state index in [2.05, 4.69) is 15.4 Å². The number of hydrogen-bond acceptors (Lipinski definition) is 8. The number of rotatable bonds is 11. The van der Waals surface area contributed by atoms with E-state index in [-0.39, 0.29) is 30.3 Å². The van der Waals surface area contributed by atoms with Crippen molar-refractivity contribution >= 4 is 36.6 Å². The predicted molar refractivity (Wildman–Crippen MR) is 206 cm³/mol. The summed E-state index contributed by atoms with van der Waals surface area (Å²) in [6.07, 6.45) is 1.34. The fraction of sp³-hybridized carbons (Fsp3) is 0.300. The lowest BCUT2D eigenvalue weighted by molar-refractivity contribution is -0.385. The maximum atomic E-state index is 16.5. The van der Waals surface area contributed by atoms with Crippen LogP contribution in [0.25, 0.3) is 16.6 Å². The molecule has 1 spiro atoms. The van der Waals surface area contributed by atoms with Crippen LogP contribution in [0.2, 0.25) is 18.6 Å². The number of hydrogen-bond donors (Lipinski definition) is 2. The number of aliphatic hydroxyl groups excluding tert-OH is 1. The summed E-state index contributed by atoms with van der Waals surface area (Å²) in [5.74, 6) is -1.46. The van der Waals surface area contributed by atoms with Gasteiger partial charge in [-0.3, -0.25) is 29.5 Å². The maximum absolute atomic E-state index is 16.5. The number of fused-ring (bicyclic) bond motifs is 3. The normalized spacial score (nSPS) is 21.4. The number of nitrogens with zero attached hydrogens (tertiary/aromatic N) is 6. The van der Waals surface area contributed by atoms with Gasteiger partial charge in [0.05, 0.1) is 58.1 Å². The first-order valence-corrected chi connectivity index (χ1v) is 21.2. The van der Waals surface area contributed by atoms with Crippen molar-refractivity contribution in [2.24, 2.45) is 5.92 Å². The van der Waals surface area contributed by atoms with Gasteiger partial charge in [0.2, 0.25) is 8.41 Å². The van der Waals surface area contributed by atoms with E-state index in [1.165, 1.54) is 16.8 Å². The zero-order valence-electron chi connectivity index (χ0n) is 30.5. The third kappa shape index (κ3) is 6.17. The monoisotopic (exact) mass is 761 g/mol. The van der Waals surface area contributed by atoms with Crippen molar-refractivity contribution in [1.82, 2.24) is 24.8 Å². The Morgan fingerprint density at radius 2 is 1.80 bits per heavy atom. The number of para-hydroxylation sites is 1. The number of nitro benzene ring substituents is 1. The molecule has 6 aromatic rings. The first-order chi connectivity index (χ1) is 26.4. The van der Waals surface area contributed by atoms with Crippen LogP contribution in [0.4, 0.5) is 15.5 Å². The van der Waals surface area contributed by atoms with Crippen molar-refractivity contribution in [1.29, 1.82) is 0 Å². The van der Waals surface area contributed by atoms with Gasteiger partial charge in [-0.05, 0) is 61.0 Å². The Morgan fingerprint density at radius 1 is 1.04 bits per heavy atom. The molecule has 13 nitrogen and oxygen atoms in total. The molecule has 0 saturated carbocycles. The number of halogens is 1. The van der Waals surface area contributed by atoms with Crippen LogP contribution in [-0.4, -0.2) is 61.8 Å². The van der Waals surface area contributed by atoms with Gasteiger partial charge in [-0.25, -0.2) is 4.68 Å². The number of nitro groups is 1. The molecule has 1 amide bonds. The van der Waals surface area contributed by atoms with Gasteiger partial charge in [0.15, 0.2) is 5.60 Å². The highest BCUT2D eigenvalue weighted by Gasteiger charge is 2.67. The van der Waals surface area contributed by atoms with E-state index in [4.69, 9.17) is 4.74 Å². The summed E-state index contributed by atoms with van der Waals surface area (Å²) in [7, 11) is -3.54. The van der Waals surface area contributed by atoms with Crippen LogP contribution in [0.15, 0.2) is 108 Å². The number of amides is 1.